The van der Waals surface area contributed by atoms with Crippen LogP contribution < -0.4 is 0 Å². The molecule has 4 aliphatic carbocycles. The fraction of sp³-hybridized carbons (Fsp3) is 0.917. The Morgan fingerprint density at radius 3 is 2.33 bits per heavy atom. The first-order chi connectivity index (χ1) is 6.99. The van der Waals surface area contributed by atoms with Gasteiger partial charge in [0.25, 0.3) is 0 Å². The molecule has 0 amide bonds. The number of hydrogen-bond donors (Lipinski definition) is 0. The van der Waals surface area contributed by atoms with Crippen LogP contribution in [0.4, 0.5) is 0 Å². The zero-order valence-electron chi connectivity index (χ0n) is 8.77. The third-order valence-corrected chi connectivity index (χ3v) is 5.69. The van der Waals surface area contributed by atoms with Crippen LogP contribution in [0.15, 0.2) is 0 Å². The van der Waals surface area contributed by atoms with Gasteiger partial charge in [0.1, 0.15) is 0 Å². The number of rotatable bonds is 2. The van der Waals surface area contributed by atoms with Crippen LogP contribution in [0, 0.1) is 17.3 Å². The maximum absolute atomic E-state index is 11.2. The van der Waals surface area contributed by atoms with Gasteiger partial charge < -0.3 is 0 Å². The molecule has 0 aromatic carbocycles. The van der Waals surface area contributed by atoms with Crippen LogP contribution in [0.25, 0.3) is 0 Å². The molecule has 2 unspecified atom stereocenters. The second-order valence-electron chi connectivity index (χ2n) is 6.14. The Labute approximate surface area is 104 Å². The first-order valence-corrected chi connectivity index (χ1v) is 7.03. The van der Waals surface area contributed by atoms with Crippen LogP contribution in [0.3, 0.4) is 0 Å². The van der Waals surface area contributed by atoms with Crippen molar-refractivity contribution in [3.8, 4) is 0 Å². The van der Waals surface area contributed by atoms with Gasteiger partial charge in [-0.25, -0.2) is 0 Å². The van der Waals surface area contributed by atoms with Crippen molar-refractivity contribution in [2.24, 2.45) is 17.3 Å². The Morgan fingerprint density at radius 2 is 1.87 bits per heavy atom. The summed E-state index contributed by atoms with van der Waals surface area (Å²) in [6.07, 6.45) is 8.31. The molecule has 15 heavy (non-hydrogen) atoms. The minimum absolute atomic E-state index is 0.131. The lowest BCUT2D eigenvalue weighted by molar-refractivity contribution is -0.118. The monoisotopic (exact) mass is 290 g/mol. The predicted molar refractivity (Wildman–Crippen MR) is 64.3 cm³/mol. The van der Waals surface area contributed by atoms with E-state index < -0.39 is 0 Å². The van der Waals surface area contributed by atoms with Gasteiger partial charge in [0.05, 0.1) is 0 Å². The standard InChI is InChI=1S/C12H16BrClO/c13-12-4-8-1-9(5-12)3-11(2-8,7-12)6-10(14)15/h8-9H,1-7H2. The van der Waals surface area contributed by atoms with Crippen molar-refractivity contribution in [1.82, 2.24) is 0 Å². The van der Waals surface area contributed by atoms with Crippen LogP contribution >= 0.6 is 27.5 Å². The lowest BCUT2D eigenvalue weighted by Crippen LogP contribution is -2.53. The van der Waals surface area contributed by atoms with E-state index >= 15 is 0 Å². The molecular formula is C12H16BrClO. The Balaban J connectivity index is 1.89. The van der Waals surface area contributed by atoms with Crippen LogP contribution in [-0.4, -0.2) is 9.57 Å². The average molecular weight is 292 g/mol. The van der Waals surface area contributed by atoms with Crippen molar-refractivity contribution in [2.45, 2.75) is 49.3 Å². The van der Waals surface area contributed by atoms with Crippen LogP contribution in [0.2, 0.25) is 0 Å². The molecule has 4 saturated carbocycles. The molecule has 1 nitrogen and oxygen atoms in total. The molecule has 4 rings (SSSR count). The van der Waals surface area contributed by atoms with E-state index in [4.69, 9.17) is 11.6 Å². The highest BCUT2D eigenvalue weighted by Crippen LogP contribution is 2.65. The molecule has 0 heterocycles. The summed E-state index contributed by atoms with van der Waals surface area (Å²) in [4.78, 5) is 11.2. The normalized spacial score (nSPS) is 52.1. The van der Waals surface area contributed by atoms with Crippen molar-refractivity contribution >= 4 is 32.8 Å². The maximum Gasteiger partial charge on any atom is 0.222 e. The summed E-state index contributed by atoms with van der Waals surface area (Å²) in [5.41, 5.74) is 0.256. The van der Waals surface area contributed by atoms with Gasteiger partial charge in [-0.3, -0.25) is 4.79 Å². The maximum atomic E-state index is 11.2. The fourth-order valence-electron chi connectivity index (χ4n) is 4.84. The van der Waals surface area contributed by atoms with E-state index in [0.717, 1.165) is 11.8 Å². The average Bonchev–Trinajstić information content (AvgIpc) is 1.94. The van der Waals surface area contributed by atoms with Crippen molar-refractivity contribution in [3.05, 3.63) is 0 Å². The van der Waals surface area contributed by atoms with Gasteiger partial charge in [0.15, 0.2) is 0 Å². The highest BCUT2D eigenvalue weighted by Gasteiger charge is 2.56. The lowest BCUT2D eigenvalue weighted by atomic mass is 9.49. The van der Waals surface area contributed by atoms with Gasteiger partial charge in [0, 0.05) is 10.7 Å². The quantitative estimate of drug-likeness (QED) is 0.557. The second kappa shape index (κ2) is 3.22. The van der Waals surface area contributed by atoms with Gasteiger partial charge in [-0.15, -0.1) is 0 Å². The Kier molecular flexibility index (Phi) is 2.28. The number of halogens is 2. The summed E-state index contributed by atoms with van der Waals surface area (Å²) < 4.78 is 0.351. The fourth-order valence-corrected chi connectivity index (χ4v) is 6.63. The van der Waals surface area contributed by atoms with E-state index in [-0.39, 0.29) is 10.7 Å². The van der Waals surface area contributed by atoms with E-state index in [1.54, 1.807) is 0 Å². The minimum atomic E-state index is -0.131. The summed E-state index contributed by atoms with van der Waals surface area (Å²) >= 11 is 9.53. The van der Waals surface area contributed by atoms with Gasteiger partial charge in [0.2, 0.25) is 5.24 Å². The number of hydrogen-bond acceptors (Lipinski definition) is 1. The molecule has 0 aliphatic heterocycles. The van der Waals surface area contributed by atoms with Crippen molar-refractivity contribution in [3.63, 3.8) is 0 Å². The van der Waals surface area contributed by atoms with Crippen molar-refractivity contribution in [2.75, 3.05) is 0 Å². The Bertz CT molecular complexity index is 301. The number of carbonyl (C=O) groups is 1. The molecular weight excluding hydrogens is 275 g/mol. The largest absolute Gasteiger partial charge is 0.281 e. The molecule has 0 aromatic rings. The number of alkyl halides is 1. The van der Waals surface area contributed by atoms with Crippen LogP contribution in [0.1, 0.15) is 44.9 Å². The van der Waals surface area contributed by atoms with E-state index in [1.807, 2.05) is 0 Å². The second-order valence-corrected chi connectivity index (χ2v) is 8.25. The first kappa shape index (κ1) is 10.6. The summed E-state index contributed by atoms with van der Waals surface area (Å²) in [5, 5.41) is -0.131. The SMILES string of the molecule is O=C(Cl)CC12CC3CC(CC(Br)(C3)C1)C2. The molecule has 84 valence electrons. The van der Waals surface area contributed by atoms with Gasteiger partial charge in [-0.1, -0.05) is 15.9 Å². The molecule has 4 bridgehead atoms. The lowest BCUT2D eigenvalue weighted by Gasteiger charge is -2.60. The van der Waals surface area contributed by atoms with Gasteiger partial charge >= 0.3 is 0 Å². The van der Waals surface area contributed by atoms with Gasteiger partial charge in [-0.2, -0.15) is 0 Å². The topological polar surface area (TPSA) is 17.1 Å². The molecule has 0 aromatic heterocycles. The van der Waals surface area contributed by atoms with Crippen molar-refractivity contribution in [1.29, 1.82) is 0 Å². The van der Waals surface area contributed by atoms with E-state index in [9.17, 15) is 4.79 Å². The molecule has 4 aliphatic rings. The zero-order valence-corrected chi connectivity index (χ0v) is 11.1. The van der Waals surface area contributed by atoms with E-state index in [1.165, 1.54) is 38.5 Å². The number of carbonyl (C=O) groups excluding carboxylic acids is 1. The summed E-state index contributed by atoms with van der Waals surface area (Å²) in [5.74, 6) is 1.70. The molecule has 0 N–H and O–H groups in total. The molecule has 0 spiro atoms. The summed E-state index contributed by atoms with van der Waals surface area (Å²) in [6.45, 7) is 0. The Morgan fingerprint density at radius 1 is 1.27 bits per heavy atom. The zero-order chi connectivity index (χ0) is 10.7. The summed E-state index contributed by atoms with van der Waals surface area (Å²) in [6, 6.07) is 0. The highest BCUT2D eigenvalue weighted by atomic mass is 79.9. The molecule has 4 fully saturated rings. The molecule has 2 atom stereocenters. The molecule has 0 saturated heterocycles. The third-order valence-electron chi connectivity index (χ3n) is 4.62. The van der Waals surface area contributed by atoms with E-state index in [0.29, 0.717) is 10.7 Å². The third kappa shape index (κ3) is 1.78. The highest BCUT2D eigenvalue weighted by molar-refractivity contribution is 9.10. The minimum Gasteiger partial charge on any atom is -0.281 e. The van der Waals surface area contributed by atoms with Crippen molar-refractivity contribution < 1.29 is 4.79 Å². The smallest absolute Gasteiger partial charge is 0.222 e. The molecule has 3 heteroatoms. The predicted octanol–water partition coefficient (Wildman–Crippen LogP) is 3.88. The Hall–Kier alpha value is 0.440. The van der Waals surface area contributed by atoms with E-state index in [2.05, 4.69) is 15.9 Å². The van der Waals surface area contributed by atoms with Crippen LogP contribution in [0.5, 0.6) is 0 Å². The van der Waals surface area contributed by atoms with Crippen LogP contribution in [-0.2, 0) is 4.79 Å². The first-order valence-electron chi connectivity index (χ1n) is 5.86. The summed E-state index contributed by atoms with van der Waals surface area (Å²) in [7, 11) is 0. The molecule has 0 radical (unpaired) electrons. The van der Waals surface area contributed by atoms with Gasteiger partial charge in [-0.05, 0) is 67.4 Å².